The van der Waals surface area contributed by atoms with Crippen LogP contribution in [-0.4, -0.2) is 21.5 Å². The number of carbonyl (C=O) groups is 1. The fraction of sp³-hybridized carbons (Fsp3) is 0.278. The highest BCUT2D eigenvalue weighted by molar-refractivity contribution is 8.00. The normalized spacial score (nSPS) is 13.9. The van der Waals surface area contributed by atoms with E-state index in [-0.39, 0.29) is 5.78 Å². The van der Waals surface area contributed by atoms with E-state index in [4.69, 9.17) is 0 Å². The van der Waals surface area contributed by atoms with Crippen LogP contribution in [0.25, 0.3) is 10.2 Å². The summed E-state index contributed by atoms with van der Waals surface area (Å²) in [6, 6.07) is 8.19. The van der Waals surface area contributed by atoms with E-state index in [0.29, 0.717) is 5.75 Å². The summed E-state index contributed by atoms with van der Waals surface area (Å²) in [4.78, 5) is 21.1. The molecule has 4 rings (SSSR count). The molecular formula is C18H16N2OS2. The monoisotopic (exact) mass is 340 g/mol. The Morgan fingerprint density at radius 1 is 1.13 bits per heavy atom. The molecule has 3 nitrogen and oxygen atoms in total. The lowest BCUT2D eigenvalue weighted by Gasteiger charge is -2.16. The van der Waals surface area contributed by atoms with Gasteiger partial charge in [0.1, 0.15) is 11.4 Å². The molecule has 0 bridgehead atoms. The number of thiophene rings is 1. The van der Waals surface area contributed by atoms with Gasteiger partial charge in [0.05, 0.1) is 16.0 Å². The molecule has 2 heterocycles. The van der Waals surface area contributed by atoms with Crippen LogP contribution in [0, 0.1) is 0 Å². The fourth-order valence-corrected chi connectivity index (χ4v) is 4.83. The third kappa shape index (κ3) is 3.03. The molecule has 5 heteroatoms. The molecule has 3 aromatic rings. The van der Waals surface area contributed by atoms with E-state index in [1.807, 2.05) is 17.5 Å². The van der Waals surface area contributed by atoms with E-state index < -0.39 is 0 Å². The minimum atomic E-state index is 0.173. The topological polar surface area (TPSA) is 42.9 Å². The molecule has 0 fully saturated rings. The summed E-state index contributed by atoms with van der Waals surface area (Å²) in [5, 5.41) is 2.91. The maximum Gasteiger partial charge on any atom is 0.173 e. The van der Waals surface area contributed by atoms with Gasteiger partial charge in [-0.2, -0.15) is 0 Å². The van der Waals surface area contributed by atoms with Gasteiger partial charge < -0.3 is 0 Å². The van der Waals surface area contributed by atoms with Gasteiger partial charge in [-0.15, -0.1) is 11.3 Å². The molecule has 0 amide bonds. The average molecular weight is 340 g/mol. The van der Waals surface area contributed by atoms with Crippen LogP contribution in [0.15, 0.2) is 41.0 Å². The van der Waals surface area contributed by atoms with Gasteiger partial charge in [-0.05, 0) is 54.3 Å². The molecule has 0 saturated carbocycles. The van der Waals surface area contributed by atoms with Crippen molar-refractivity contribution in [3.8, 4) is 0 Å². The summed E-state index contributed by atoms with van der Waals surface area (Å²) in [5.74, 6) is 0.592. The van der Waals surface area contributed by atoms with Crippen LogP contribution in [0.4, 0.5) is 0 Å². The second-order valence-corrected chi connectivity index (χ2v) is 7.60. The number of ketones is 1. The van der Waals surface area contributed by atoms with E-state index in [9.17, 15) is 4.79 Å². The zero-order chi connectivity index (χ0) is 15.6. The van der Waals surface area contributed by atoms with Crippen LogP contribution >= 0.6 is 23.1 Å². The molecule has 0 atom stereocenters. The summed E-state index contributed by atoms with van der Waals surface area (Å²) in [7, 11) is 0. The lowest BCUT2D eigenvalue weighted by Crippen LogP contribution is -2.07. The van der Waals surface area contributed by atoms with Gasteiger partial charge in [-0.3, -0.25) is 4.79 Å². The number of carbonyl (C=O) groups excluding carboxylic acids is 1. The molecule has 0 N–H and O–H groups in total. The van der Waals surface area contributed by atoms with Gasteiger partial charge in [0, 0.05) is 5.56 Å². The number of thioether (sulfide) groups is 1. The number of rotatable bonds is 4. The average Bonchev–Trinajstić information content (AvgIpc) is 3.08. The SMILES string of the molecule is O=C(CSc1ncnc2ccsc12)c1ccc2c(c1)CCCC2. The maximum atomic E-state index is 12.5. The molecule has 2 aromatic heterocycles. The highest BCUT2D eigenvalue weighted by Crippen LogP contribution is 2.29. The minimum absolute atomic E-state index is 0.173. The summed E-state index contributed by atoms with van der Waals surface area (Å²) in [5.41, 5.74) is 4.55. The zero-order valence-corrected chi connectivity index (χ0v) is 14.3. The summed E-state index contributed by atoms with van der Waals surface area (Å²) in [6.07, 6.45) is 6.32. The Morgan fingerprint density at radius 3 is 2.91 bits per heavy atom. The molecule has 0 saturated heterocycles. The highest BCUT2D eigenvalue weighted by atomic mass is 32.2. The Balaban J connectivity index is 1.51. The molecule has 0 unspecified atom stereocenters. The Morgan fingerprint density at radius 2 is 2.00 bits per heavy atom. The summed E-state index contributed by atoms with van der Waals surface area (Å²) >= 11 is 3.13. The zero-order valence-electron chi connectivity index (χ0n) is 12.6. The van der Waals surface area contributed by atoms with Crippen LogP contribution in [0.2, 0.25) is 0 Å². The molecule has 0 radical (unpaired) electrons. The van der Waals surface area contributed by atoms with Crippen molar-refractivity contribution in [1.29, 1.82) is 0 Å². The van der Waals surface area contributed by atoms with E-state index >= 15 is 0 Å². The predicted octanol–water partition coefficient (Wildman–Crippen LogP) is 4.55. The number of aromatic nitrogens is 2. The standard InChI is InChI=1S/C18H16N2OS2/c21-16(14-6-5-12-3-1-2-4-13(12)9-14)10-23-18-17-15(7-8-22-17)19-11-20-18/h5-9,11H,1-4,10H2. The Labute approximate surface area is 143 Å². The van der Waals surface area contributed by atoms with Crippen molar-refractivity contribution in [2.24, 2.45) is 0 Å². The van der Waals surface area contributed by atoms with Crippen LogP contribution in [0.1, 0.15) is 34.3 Å². The molecule has 1 aliphatic rings. The van der Waals surface area contributed by atoms with E-state index in [2.05, 4.69) is 22.1 Å². The van der Waals surface area contributed by atoms with Gasteiger partial charge in [0.2, 0.25) is 0 Å². The van der Waals surface area contributed by atoms with Crippen LogP contribution in [0.5, 0.6) is 0 Å². The molecule has 0 aliphatic heterocycles. The fourth-order valence-electron chi connectivity index (χ4n) is 2.99. The van der Waals surface area contributed by atoms with E-state index in [0.717, 1.165) is 33.6 Å². The number of hydrogen-bond acceptors (Lipinski definition) is 5. The summed E-state index contributed by atoms with van der Waals surface area (Å²) < 4.78 is 1.07. The predicted molar refractivity (Wildman–Crippen MR) is 95.6 cm³/mol. The third-order valence-corrected chi connectivity index (χ3v) is 6.25. The van der Waals surface area contributed by atoms with Crippen molar-refractivity contribution in [2.75, 3.05) is 5.75 Å². The molecular weight excluding hydrogens is 324 g/mol. The number of Topliss-reactive ketones (excluding diaryl/α,β-unsaturated/α-hetero) is 1. The lowest BCUT2D eigenvalue weighted by molar-refractivity contribution is 0.102. The molecule has 1 aliphatic carbocycles. The van der Waals surface area contributed by atoms with Crippen LogP contribution in [-0.2, 0) is 12.8 Å². The first-order valence-corrected chi connectivity index (χ1v) is 9.64. The smallest absolute Gasteiger partial charge is 0.173 e. The molecule has 116 valence electrons. The first-order valence-electron chi connectivity index (χ1n) is 7.77. The molecule has 0 spiro atoms. The number of fused-ring (bicyclic) bond motifs is 2. The van der Waals surface area contributed by atoms with E-state index in [1.165, 1.54) is 35.7 Å². The number of aryl methyl sites for hydroxylation is 2. The van der Waals surface area contributed by atoms with Crippen molar-refractivity contribution in [3.63, 3.8) is 0 Å². The Kier molecular flexibility index (Phi) is 4.14. The van der Waals surface area contributed by atoms with Crippen molar-refractivity contribution >= 4 is 39.1 Å². The number of nitrogens with zero attached hydrogens (tertiary/aromatic N) is 2. The van der Waals surface area contributed by atoms with Crippen molar-refractivity contribution in [3.05, 3.63) is 52.7 Å². The number of benzene rings is 1. The first kappa shape index (κ1) is 14.8. The van der Waals surface area contributed by atoms with Gasteiger partial charge in [0.25, 0.3) is 0 Å². The van der Waals surface area contributed by atoms with Crippen molar-refractivity contribution < 1.29 is 4.79 Å². The molecule has 23 heavy (non-hydrogen) atoms. The quantitative estimate of drug-likeness (QED) is 0.397. The largest absolute Gasteiger partial charge is 0.293 e. The maximum absolute atomic E-state index is 12.5. The second-order valence-electron chi connectivity index (χ2n) is 5.72. The highest BCUT2D eigenvalue weighted by Gasteiger charge is 2.14. The number of hydrogen-bond donors (Lipinski definition) is 0. The second kappa shape index (κ2) is 6.42. The third-order valence-electron chi connectivity index (χ3n) is 4.22. The van der Waals surface area contributed by atoms with Crippen molar-refractivity contribution in [1.82, 2.24) is 9.97 Å². The van der Waals surface area contributed by atoms with Crippen molar-refractivity contribution in [2.45, 2.75) is 30.7 Å². The van der Waals surface area contributed by atoms with Gasteiger partial charge in [-0.1, -0.05) is 23.9 Å². The lowest BCUT2D eigenvalue weighted by atomic mass is 9.90. The summed E-state index contributed by atoms with van der Waals surface area (Å²) in [6.45, 7) is 0. The van der Waals surface area contributed by atoms with Gasteiger partial charge in [-0.25, -0.2) is 9.97 Å². The first-order chi connectivity index (χ1) is 11.3. The van der Waals surface area contributed by atoms with Gasteiger partial charge >= 0.3 is 0 Å². The van der Waals surface area contributed by atoms with Crippen LogP contribution in [0.3, 0.4) is 0 Å². The van der Waals surface area contributed by atoms with Crippen LogP contribution < -0.4 is 0 Å². The molecule has 1 aromatic carbocycles. The Hall–Kier alpha value is -1.72. The Bertz CT molecular complexity index is 872. The minimum Gasteiger partial charge on any atom is -0.293 e. The van der Waals surface area contributed by atoms with E-state index in [1.54, 1.807) is 17.7 Å². The van der Waals surface area contributed by atoms with Gasteiger partial charge in [0.15, 0.2) is 5.78 Å².